The molecule has 1 aromatic heterocycles. The Kier molecular flexibility index (Phi) is 2.00. The average Bonchev–Trinajstić information content (AvgIpc) is 2.45. The van der Waals surface area contributed by atoms with Gasteiger partial charge < -0.3 is 10.2 Å². The number of aliphatic hydroxyl groups is 2. The monoisotopic (exact) mass is 197 g/mol. The maximum atomic E-state index is 8.96. The molecule has 0 fully saturated rings. The highest BCUT2D eigenvalue weighted by molar-refractivity contribution is 6.19. The van der Waals surface area contributed by atoms with Gasteiger partial charge in [-0.15, -0.1) is 0 Å². The lowest BCUT2D eigenvalue weighted by molar-refractivity contribution is -0.0460. The molecule has 0 aliphatic carbocycles. The molecule has 2 N–H and O–H groups in total. The first-order valence-corrected chi connectivity index (χ1v) is 4.16. The minimum absolute atomic E-state index is 0.280. The Balaban J connectivity index is 2.74. The fraction of sp³-hybridized carbons (Fsp3) is 0.111. The van der Waals surface area contributed by atoms with Gasteiger partial charge in [0.2, 0.25) is 0 Å². The number of fused-ring (bicyclic) bond motifs is 1. The summed E-state index contributed by atoms with van der Waals surface area (Å²) in [6, 6.07) is 9.03. The average molecular weight is 198 g/mol. The molecule has 0 saturated carbocycles. The van der Waals surface area contributed by atoms with Crippen LogP contribution in [0.2, 0.25) is 0 Å². The number of hydrogen-bond acceptors (Lipinski definition) is 2. The number of benzene rings is 1. The lowest BCUT2D eigenvalue weighted by Crippen LogP contribution is -1.98. The molecule has 0 aliphatic rings. The third-order valence-corrected chi connectivity index (χ3v) is 2.32. The fourth-order valence-corrected chi connectivity index (χ4v) is 1.61. The number of para-hydroxylation sites is 1. The second-order valence-electron chi connectivity index (χ2n) is 2.78. The topological polar surface area (TPSA) is 45.4 Å². The van der Waals surface area contributed by atoms with Crippen molar-refractivity contribution >= 4 is 22.7 Å². The van der Waals surface area contributed by atoms with Crippen molar-refractivity contribution in [2.24, 2.45) is 0 Å². The summed E-state index contributed by atoms with van der Waals surface area (Å²) in [5.41, 5.74) is 1.05. The molecule has 0 unspecified atom stereocenters. The maximum Gasteiger partial charge on any atom is 0.195 e. The van der Waals surface area contributed by atoms with Crippen molar-refractivity contribution in [3.05, 3.63) is 36.0 Å². The van der Waals surface area contributed by atoms with Crippen LogP contribution in [0.15, 0.2) is 30.3 Å². The van der Waals surface area contributed by atoms with Crippen LogP contribution in [0.4, 0.5) is 0 Å². The number of nitrogens with zero attached hydrogens (tertiary/aromatic N) is 1. The van der Waals surface area contributed by atoms with E-state index in [0.717, 1.165) is 10.9 Å². The Morgan fingerprint density at radius 2 is 1.92 bits per heavy atom. The Morgan fingerprint density at radius 3 is 2.54 bits per heavy atom. The standard InChI is InChI=1S/C9H8ClNO2/c10-11-7-4-2-1-3-6(7)5-8(11)9(12)13/h1-5,9,12-13H. The molecule has 2 aromatic rings. The van der Waals surface area contributed by atoms with Gasteiger partial charge in [0.25, 0.3) is 0 Å². The van der Waals surface area contributed by atoms with Crippen molar-refractivity contribution in [2.45, 2.75) is 6.29 Å². The van der Waals surface area contributed by atoms with Crippen LogP contribution in [0, 0.1) is 0 Å². The molecule has 3 nitrogen and oxygen atoms in total. The number of aliphatic hydroxyl groups excluding tert-OH is 1. The molecule has 4 heteroatoms. The van der Waals surface area contributed by atoms with Gasteiger partial charge >= 0.3 is 0 Å². The van der Waals surface area contributed by atoms with E-state index in [1.807, 2.05) is 24.3 Å². The van der Waals surface area contributed by atoms with Gasteiger partial charge in [0, 0.05) is 17.2 Å². The Morgan fingerprint density at radius 1 is 1.23 bits per heavy atom. The minimum atomic E-state index is -1.54. The van der Waals surface area contributed by atoms with E-state index in [2.05, 4.69) is 0 Å². The molecule has 0 atom stereocenters. The molecular formula is C9H8ClNO2. The quantitative estimate of drug-likeness (QED) is 0.683. The third-order valence-electron chi connectivity index (χ3n) is 1.94. The summed E-state index contributed by atoms with van der Waals surface area (Å²) < 4.78 is 1.25. The number of rotatable bonds is 1. The van der Waals surface area contributed by atoms with Crippen LogP contribution in [0.1, 0.15) is 12.0 Å². The summed E-state index contributed by atoms with van der Waals surface area (Å²) in [4.78, 5) is 0. The second kappa shape index (κ2) is 3.03. The van der Waals surface area contributed by atoms with Crippen molar-refractivity contribution < 1.29 is 10.2 Å². The lowest BCUT2D eigenvalue weighted by Gasteiger charge is -2.02. The van der Waals surface area contributed by atoms with E-state index in [1.165, 1.54) is 4.09 Å². The van der Waals surface area contributed by atoms with Crippen LogP contribution >= 0.6 is 11.8 Å². The molecule has 0 amide bonds. The van der Waals surface area contributed by atoms with Crippen LogP contribution in [0.25, 0.3) is 10.9 Å². The van der Waals surface area contributed by atoms with Gasteiger partial charge in [0.1, 0.15) is 0 Å². The van der Waals surface area contributed by atoms with Crippen LogP contribution in [-0.4, -0.2) is 14.3 Å². The van der Waals surface area contributed by atoms with Gasteiger partial charge in [-0.1, -0.05) is 18.2 Å². The molecule has 2 rings (SSSR count). The molecule has 1 aromatic carbocycles. The SMILES string of the molecule is OC(O)c1cc2ccccc2n1Cl. The first-order valence-electron chi connectivity index (χ1n) is 3.83. The van der Waals surface area contributed by atoms with E-state index in [4.69, 9.17) is 22.0 Å². The predicted octanol–water partition coefficient (Wildman–Crippen LogP) is 1.63. The predicted molar refractivity (Wildman–Crippen MR) is 50.4 cm³/mol. The zero-order valence-electron chi connectivity index (χ0n) is 6.68. The largest absolute Gasteiger partial charge is 0.363 e. The molecule has 0 radical (unpaired) electrons. The Hall–Kier alpha value is -1.03. The molecule has 0 spiro atoms. The first-order chi connectivity index (χ1) is 6.20. The first kappa shape index (κ1) is 8.56. The summed E-state index contributed by atoms with van der Waals surface area (Å²) in [6.07, 6.45) is -1.54. The molecule has 1 heterocycles. The molecule has 0 saturated heterocycles. The van der Waals surface area contributed by atoms with E-state index in [0.29, 0.717) is 0 Å². The van der Waals surface area contributed by atoms with Crippen molar-refractivity contribution in [3.8, 4) is 0 Å². The van der Waals surface area contributed by atoms with E-state index >= 15 is 0 Å². The zero-order valence-corrected chi connectivity index (χ0v) is 7.44. The molecule has 13 heavy (non-hydrogen) atoms. The van der Waals surface area contributed by atoms with Crippen molar-refractivity contribution in [1.82, 2.24) is 4.09 Å². The molecular weight excluding hydrogens is 190 g/mol. The molecule has 0 bridgehead atoms. The van der Waals surface area contributed by atoms with E-state index < -0.39 is 6.29 Å². The number of aromatic nitrogens is 1. The van der Waals surface area contributed by atoms with E-state index in [1.54, 1.807) is 6.07 Å². The van der Waals surface area contributed by atoms with Gasteiger partial charge in [-0.25, -0.2) is 0 Å². The maximum absolute atomic E-state index is 8.96. The van der Waals surface area contributed by atoms with Gasteiger partial charge in [-0.3, -0.25) is 4.09 Å². The molecule has 0 aliphatic heterocycles. The van der Waals surface area contributed by atoms with Gasteiger partial charge in [0.05, 0.1) is 11.2 Å². The van der Waals surface area contributed by atoms with Gasteiger partial charge in [-0.05, 0) is 12.1 Å². The highest BCUT2D eigenvalue weighted by Gasteiger charge is 2.11. The summed E-state index contributed by atoms with van der Waals surface area (Å²) >= 11 is 5.85. The number of hydrogen-bond donors (Lipinski definition) is 2. The van der Waals surface area contributed by atoms with Gasteiger partial charge in [-0.2, -0.15) is 0 Å². The zero-order chi connectivity index (χ0) is 9.42. The van der Waals surface area contributed by atoms with E-state index in [9.17, 15) is 0 Å². The highest BCUT2D eigenvalue weighted by Crippen LogP contribution is 2.23. The summed E-state index contributed by atoms with van der Waals surface area (Å²) in [6.45, 7) is 0. The summed E-state index contributed by atoms with van der Waals surface area (Å²) in [7, 11) is 0. The second-order valence-corrected chi connectivity index (χ2v) is 3.12. The Labute approximate surface area is 79.9 Å². The van der Waals surface area contributed by atoms with Crippen LogP contribution in [-0.2, 0) is 0 Å². The Bertz CT molecular complexity index is 436. The van der Waals surface area contributed by atoms with Crippen LogP contribution in [0.3, 0.4) is 0 Å². The smallest absolute Gasteiger partial charge is 0.195 e. The van der Waals surface area contributed by atoms with Crippen molar-refractivity contribution in [1.29, 1.82) is 0 Å². The lowest BCUT2D eigenvalue weighted by atomic mass is 10.2. The van der Waals surface area contributed by atoms with Crippen LogP contribution in [0.5, 0.6) is 0 Å². The molecule has 68 valence electrons. The highest BCUT2D eigenvalue weighted by atomic mass is 35.5. The normalized spacial score (nSPS) is 11.4. The van der Waals surface area contributed by atoms with Crippen molar-refractivity contribution in [2.75, 3.05) is 0 Å². The number of halogens is 1. The van der Waals surface area contributed by atoms with Gasteiger partial charge in [0.15, 0.2) is 6.29 Å². The minimum Gasteiger partial charge on any atom is -0.363 e. The van der Waals surface area contributed by atoms with Crippen LogP contribution < -0.4 is 0 Å². The summed E-state index contributed by atoms with van der Waals surface area (Å²) in [5, 5.41) is 18.8. The summed E-state index contributed by atoms with van der Waals surface area (Å²) in [5.74, 6) is 0. The third kappa shape index (κ3) is 1.31. The van der Waals surface area contributed by atoms with Crippen molar-refractivity contribution in [3.63, 3.8) is 0 Å². The fourth-order valence-electron chi connectivity index (χ4n) is 1.32. The van der Waals surface area contributed by atoms with E-state index in [-0.39, 0.29) is 5.69 Å².